The monoisotopic (exact) mass is 293 g/mol. The van der Waals surface area contributed by atoms with Crippen molar-refractivity contribution in [2.24, 2.45) is 5.73 Å². The van der Waals surface area contributed by atoms with E-state index in [0.717, 1.165) is 13.1 Å². The van der Waals surface area contributed by atoms with Crippen LogP contribution in [-0.2, 0) is 0 Å². The van der Waals surface area contributed by atoms with Gasteiger partial charge in [-0.2, -0.15) is 0 Å². The molecule has 1 fully saturated rings. The van der Waals surface area contributed by atoms with Crippen LogP contribution in [-0.4, -0.2) is 54.0 Å². The molecule has 2 rings (SSSR count). The fraction of sp³-hybridized carbons (Fsp3) is 0.562. The van der Waals surface area contributed by atoms with Crippen molar-refractivity contribution in [1.82, 2.24) is 9.80 Å². The number of carbonyl (C=O) groups excluding carboxylic acids is 1. The largest absolute Gasteiger partial charge is 0.336 e. The summed E-state index contributed by atoms with van der Waals surface area (Å²) in [6.45, 7) is 9.50. The van der Waals surface area contributed by atoms with Crippen LogP contribution >= 0.6 is 0 Å². The quantitative estimate of drug-likeness (QED) is 0.921. The van der Waals surface area contributed by atoms with Crippen molar-refractivity contribution in [2.45, 2.75) is 26.3 Å². The minimum atomic E-state index is -0.277. The van der Waals surface area contributed by atoms with Gasteiger partial charge in [-0.1, -0.05) is 0 Å². The SMILES string of the molecule is Cc1cc(C(=O)N2CCN(C(C)(C)CN)CC2)ccc1F. The van der Waals surface area contributed by atoms with E-state index < -0.39 is 0 Å². The fourth-order valence-corrected chi connectivity index (χ4v) is 2.60. The van der Waals surface area contributed by atoms with E-state index in [0.29, 0.717) is 30.8 Å². The van der Waals surface area contributed by atoms with Crippen LogP contribution in [0.4, 0.5) is 4.39 Å². The van der Waals surface area contributed by atoms with Gasteiger partial charge in [0.1, 0.15) is 5.82 Å². The lowest BCUT2D eigenvalue weighted by Crippen LogP contribution is -2.58. The van der Waals surface area contributed by atoms with Gasteiger partial charge in [0.25, 0.3) is 5.91 Å². The summed E-state index contributed by atoms with van der Waals surface area (Å²) in [6, 6.07) is 4.53. The molecule has 116 valence electrons. The van der Waals surface area contributed by atoms with Gasteiger partial charge in [0.2, 0.25) is 0 Å². The van der Waals surface area contributed by atoms with Gasteiger partial charge >= 0.3 is 0 Å². The normalized spacial score (nSPS) is 17.1. The lowest BCUT2D eigenvalue weighted by atomic mass is 10.0. The predicted molar refractivity (Wildman–Crippen MR) is 81.7 cm³/mol. The van der Waals surface area contributed by atoms with Crippen molar-refractivity contribution < 1.29 is 9.18 Å². The van der Waals surface area contributed by atoms with Crippen molar-refractivity contribution in [3.8, 4) is 0 Å². The van der Waals surface area contributed by atoms with Crippen LogP contribution in [0.15, 0.2) is 18.2 Å². The third kappa shape index (κ3) is 3.41. The summed E-state index contributed by atoms with van der Waals surface area (Å²) >= 11 is 0. The number of aryl methyl sites for hydroxylation is 1. The van der Waals surface area contributed by atoms with Crippen LogP contribution in [0, 0.1) is 12.7 Å². The maximum Gasteiger partial charge on any atom is 0.253 e. The first-order valence-corrected chi connectivity index (χ1v) is 7.36. The Balaban J connectivity index is 2.02. The van der Waals surface area contributed by atoms with E-state index in [9.17, 15) is 9.18 Å². The first-order chi connectivity index (χ1) is 9.85. The Morgan fingerprint density at radius 1 is 1.29 bits per heavy atom. The smallest absolute Gasteiger partial charge is 0.253 e. The van der Waals surface area contributed by atoms with E-state index in [4.69, 9.17) is 5.73 Å². The van der Waals surface area contributed by atoms with Crippen LogP contribution < -0.4 is 5.73 Å². The number of amides is 1. The first-order valence-electron chi connectivity index (χ1n) is 7.36. The number of piperazine rings is 1. The topological polar surface area (TPSA) is 49.6 Å². The fourth-order valence-electron chi connectivity index (χ4n) is 2.60. The summed E-state index contributed by atoms with van der Waals surface area (Å²) in [5.74, 6) is -0.302. The zero-order valence-corrected chi connectivity index (χ0v) is 13.0. The molecule has 1 aliphatic heterocycles. The number of hydrogen-bond acceptors (Lipinski definition) is 3. The average Bonchev–Trinajstić information content (AvgIpc) is 2.49. The molecule has 1 aromatic rings. The van der Waals surface area contributed by atoms with E-state index in [-0.39, 0.29) is 17.3 Å². The Morgan fingerprint density at radius 3 is 2.43 bits per heavy atom. The molecule has 21 heavy (non-hydrogen) atoms. The van der Waals surface area contributed by atoms with Gasteiger partial charge in [0.15, 0.2) is 0 Å². The van der Waals surface area contributed by atoms with Crippen molar-refractivity contribution >= 4 is 5.91 Å². The standard InChI is InChI=1S/C16H24FN3O/c1-12-10-13(4-5-14(12)17)15(21)19-6-8-20(9-7-19)16(2,3)11-18/h4-5,10H,6-9,11,18H2,1-3H3. The molecule has 0 aromatic heterocycles. The van der Waals surface area contributed by atoms with Gasteiger partial charge in [-0.25, -0.2) is 4.39 Å². The van der Waals surface area contributed by atoms with Gasteiger partial charge in [-0.05, 0) is 44.5 Å². The third-order valence-corrected chi connectivity index (χ3v) is 4.33. The maximum absolute atomic E-state index is 13.3. The molecule has 0 bridgehead atoms. The number of nitrogens with zero attached hydrogens (tertiary/aromatic N) is 2. The van der Waals surface area contributed by atoms with Crippen LogP contribution in [0.3, 0.4) is 0 Å². The minimum absolute atomic E-state index is 0.0247. The Morgan fingerprint density at radius 2 is 1.90 bits per heavy atom. The van der Waals surface area contributed by atoms with E-state index in [1.165, 1.54) is 6.07 Å². The summed E-state index contributed by atoms with van der Waals surface area (Å²) in [4.78, 5) is 16.6. The summed E-state index contributed by atoms with van der Waals surface area (Å²) in [5, 5.41) is 0. The number of hydrogen-bond donors (Lipinski definition) is 1. The highest BCUT2D eigenvalue weighted by atomic mass is 19.1. The van der Waals surface area contributed by atoms with E-state index in [1.807, 2.05) is 4.90 Å². The lowest BCUT2D eigenvalue weighted by Gasteiger charge is -2.43. The molecule has 0 unspecified atom stereocenters. The van der Waals surface area contributed by atoms with E-state index >= 15 is 0 Å². The van der Waals surface area contributed by atoms with Crippen LogP contribution in [0.5, 0.6) is 0 Å². The molecule has 1 saturated heterocycles. The molecule has 1 aliphatic rings. The van der Waals surface area contributed by atoms with Gasteiger partial charge in [-0.3, -0.25) is 9.69 Å². The molecule has 0 radical (unpaired) electrons. The molecule has 0 saturated carbocycles. The molecule has 0 aliphatic carbocycles. The lowest BCUT2D eigenvalue weighted by molar-refractivity contribution is 0.0426. The number of nitrogens with two attached hydrogens (primary N) is 1. The summed E-state index contributed by atoms with van der Waals surface area (Å²) in [5.41, 5.74) is 6.82. The van der Waals surface area contributed by atoms with Crippen LogP contribution in [0.1, 0.15) is 29.8 Å². The summed E-state index contributed by atoms with van der Waals surface area (Å²) in [6.07, 6.45) is 0. The second-order valence-corrected chi connectivity index (χ2v) is 6.26. The Bertz CT molecular complexity index is 522. The van der Waals surface area contributed by atoms with Crippen molar-refractivity contribution in [2.75, 3.05) is 32.7 Å². The van der Waals surface area contributed by atoms with Crippen molar-refractivity contribution in [3.05, 3.63) is 35.1 Å². The maximum atomic E-state index is 13.3. The van der Waals surface area contributed by atoms with Gasteiger partial charge in [0, 0.05) is 43.8 Å². The number of halogens is 1. The van der Waals surface area contributed by atoms with Gasteiger partial charge in [0.05, 0.1) is 0 Å². The van der Waals surface area contributed by atoms with E-state index in [2.05, 4.69) is 18.7 Å². The molecule has 1 aromatic carbocycles. The van der Waals surface area contributed by atoms with Crippen LogP contribution in [0.25, 0.3) is 0 Å². The summed E-state index contributed by atoms with van der Waals surface area (Å²) < 4.78 is 13.3. The predicted octanol–water partition coefficient (Wildman–Crippen LogP) is 1.63. The second kappa shape index (κ2) is 6.12. The molecular formula is C16H24FN3O. The van der Waals surface area contributed by atoms with Gasteiger partial charge < -0.3 is 10.6 Å². The second-order valence-electron chi connectivity index (χ2n) is 6.26. The highest BCUT2D eigenvalue weighted by molar-refractivity contribution is 5.94. The third-order valence-electron chi connectivity index (χ3n) is 4.33. The van der Waals surface area contributed by atoms with E-state index in [1.54, 1.807) is 19.1 Å². The molecule has 1 amide bonds. The Labute approximate surface area is 125 Å². The Kier molecular flexibility index (Phi) is 4.64. The number of benzene rings is 1. The van der Waals surface area contributed by atoms with Crippen LogP contribution in [0.2, 0.25) is 0 Å². The zero-order chi connectivity index (χ0) is 15.6. The number of carbonyl (C=O) groups is 1. The first kappa shape index (κ1) is 15.9. The molecule has 0 spiro atoms. The zero-order valence-electron chi connectivity index (χ0n) is 13.0. The van der Waals surface area contributed by atoms with Crippen molar-refractivity contribution in [1.29, 1.82) is 0 Å². The van der Waals surface area contributed by atoms with Gasteiger partial charge in [-0.15, -0.1) is 0 Å². The molecule has 1 heterocycles. The molecule has 4 nitrogen and oxygen atoms in total. The summed E-state index contributed by atoms with van der Waals surface area (Å²) in [7, 11) is 0. The average molecular weight is 293 g/mol. The van der Waals surface area contributed by atoms with Crippen molar-refractivity contribution in [3.63, 3.8) is 0 Å². The molecule has 0 atom stereocenters. The highest BCUT2D eigenvalue weighted by Gasteiger charge is 2.30. The number of rotatable bonds is 3. The molecular weight excluding hydrogens is 269 g/mol. The minimum Gasteiger partial charge on any atom is -0.336 e. The molecule has 2 N–H and O–H groups in total. The highest BCUT2D eigenvalue weighted by Crippen LogP contribution is 2.18. The molecule has 5 heteroatoms. The Hall–Kier alpha value is -1.46.